The third-order valence-corrected chi connectivity index (χ3v) is 8.98. The van der Waals surface area contributed by atoms with Crippen molar-refractivity contribution in [1.29, 1.82) is 0 Å². The van der Waals surface area contributed by atoms with Crippen molar-refractivity contribution < 1.29 is 4.42 Å². The molecule has 2 aromatic heterocycles. The van der Waals surface area contributed by atoms with Gasteiger partial charge in [-0.15, -0.1) is 11.3 Å². The lowest BCUT2D eigenvalue weighted by molar-refractivity contribution is 0.619. The Hall–Kier alpha value is -4.74. The molecule has 1 aliphatic rings. The highest BCUT2D eigenvalue weighted by Crippen LogP contribution is 2.52. The quantitative estimate of drug-likeness (QED) is 0.226. The molecule has 5 aromatic carbocycles. The van der Waals surface area contributed by atoms with Crippen molar-refractivity contribution in [2.75, 3.05) is 4.90 Å². The van der Waals surface area contributed by atoms with E-state index >= 15 is 0 Å². The Morgan fingerprint density at radius 3 is 2.00 bits per heavy atom. The van der Waals surface area contributed by atoms with Crippen LogP contribution in [0.2, 0.25) is 0 Å². The molecule has 0 radical (unpaired) electrons. The Labute approximate surface area is 236 Å². The Morgan fingerprint density at radius 1 is 0.650 bits per heavy atom. The fraction of sp³-hybridized carbons (Fsp3) is 0.0857. The molecule has 0 fully saturated rings. The van der Waals surface area contributed by atoms with Crippen LogP contribution in [0, 0.1) is 0 Å². The largest absolute Gasteiger partial charge is 0.436 e. The highest BCUT2D eigenvalue weighted by molar-refractivity contribution is 7.21. The maximum absolute atomic E-state index is 6.27. The number of fused-ring (bicyclic) bond motifs is 4. The predicted octanol–water partition coefficient (Wildman–Crippen LogP) is 9.88. The van der Waals surface area contributed by atoms with E-state index in [4.69, 9.17) is 14.4 Å². The van der Waals surface area contributed by atoms with Gasteiger partial charge in [0.1, 0.15) is 10.5 Å². The van der Waals surface area contributed by atoms with E-state index in [1.165, 1.54) is 27.2 Å². The standard InChI is InChI=1S/C35H25N3OS/c1-35(2)25-11-3-7-15-29(25)38(30-16-8-4-12-26(30)35)24-20-22(33-36-27-13-5-9-17-31(27)39-33)19-23(21-24)34-37-28-14-6-10-18-32(28)40-34/h3-21H,1-2H3. The van der Waals surface area contributed by atoms with Crippen LogP contribution in [0.1, 0.15) is 25.0 Å². The number of hydrogen-bond acceptors (Lipinski definition) is 5. The summed E-state index contributed by atoms with van der Waals surface area (Å²) in [5.74, 6) is 0.601. The van der Waals surface area contributed by atoms with Crippen LogP contribution in [0.3, 0.4) is 0 Å². The smallest absolute Gasteiger partial charge is 0.227 e. The molecule has 7 aromatic rings. The molecule has 0 unspecified atom stereocenters. The summed E-state index contributed by atoms with van der Waals surface area (Å²) in [6.07, 6.45) is 0. The Balaban J connectivity index is 1.40. The van der Waals surface area contributed by atoms with Gasteiger partial charge in [-0.1, -0.05) is 74.5 Å². The molecule has 1 aliphatic heterocycles. The van der Waals surface area contributed by atoms with Crippen LogP contribution in [0.4, 0.5) is 17.1 Å². The highest BCUT2D eigenvalue weighted by Gasteiger charge is 2.36. The lowest BCUT2D eigenvalue weighted by Gasteiger charge is -2.42. The minimum atomic E-state index is -0.128. The van der Waals surface area contributed by atoms with Crippen molar-refractivity contribution in [2.24, 2.45) is 0 Å². The molecule has 0 saturated carbocycles. The second kappa shape index (κ2) is 8.63. The molecule has 40 heavy (non-hydrogen) atoms. The summed E-state index contributed by atoms with van der Waals surface area (Å²) in [5, 5.41) is 0.972. The predicted molar refractivity (Wildman–Crippen MR) is 165 cm³/mol. The fourth-order valence-corrected chi connectivity index (χ4v) is 6.88. The molecular formula is C35H25N3OS. The van der Waals surface area contributed by atoms with Gasteiger partial charge in [-0.05, 0) is 65.7 Å². The number of oxazole rings is 1. The normalized spacial score (nSPS) is 13.9. The first-order valence-electron chi connectivity index (χ1n) is 13.4. The van der Waals surface area contributed by atoms with Crippen LogP contribution >= 0.6 is 11.3 Å². The molecule has 0 N–H and O–H groups in total. The number of rotatable bonds is 3. The van der Waals surface area contributed by atoms with Gasteiger partial charge in [0.05, 0.1) is 21.6 Å². The molecule has 8 rings (SSSR count). The number of nitrogens with zero attached hydrogens (tertiary/aromatic N) is 3. The van der Waals surface area contributed by atoms with Crippen molar-refractivity contribution >= 4 is 49.7 Å². The number of aromatic nitrogens is 2. The van der Waals surface area contributed by atoms with Crippen LogP contribution < -0.4 is 4.90 Å². The number of hydrogen-bond donors (Lipinski definition) is 0. The lowest BCUT2D eigenvalue weighted by atomic mass is 9.73. The van der Waals surface area contributed by atoms with Gasteiger partial charge in [0.25, 0.3) is 0 Å². The van der Waals surface area contributed by atoms with E-state index in [2.05, 4.69) is 104 Å². The van der Waals surface area contributed by atoms with E-state index in [0.717, 1.165) is 38.4 Å². The van der Waals surface area contributed by atoms with Gasteiger partial charge < -0.3 is 9.32 Å². The van der Waals surface area contributed by atoms with Crippen LogP contribution in [0.25, 0.3) is 43.3 Å². The summed E-state index contributed by atoms with van der Waals surface area (Å²) in [6, 6.07) is 40.2. The first-order valence-corrected chi connectivity index (χ1v) is 14.2. The molecule has 4 nitrogen and oxygen atoms in total. The van der Waals surface area contributed by atoms with Crippen molar-refractivity contribution in [3.05, 3.63) is 126 Å². The summed E-state index contributed by atoms with van der Waals surface area (Å²) < 4.78 is 7.44. The molecule has 3 heterocycles. The Morgan fingerprint density at radius 2 is 1.27 bits per heavy atom. The summed E-state index contributed by atoms with van der Waals surface area (Å²) in [5.41, 5.74) is 10.4. The molecule has 0 atom stereocenters. The molecule has 0 spiro atoms. The van der Waals surface area contributed by atoms with E-state index in [1.807, 2.05) is 30.3 Å². The molecule has 0 amide bonds. The molecule has 0 aliphatic carbocycles. The highest BCUT2D eigenvalue weighted by atomic mass is 32.1. The van der Waals surface area contributed by atoms with Crippen LogP contribution in [0.15, 0.2) is 120 Å². The van der Waals surface area contributed by atoms with Gasteiger partial charge in [-0.3, -0.25) is 0 Å². The lowest BCUT2D eigenvalue weighted by Crippen LogP contribution is -2.30. The van der Waals surface area contributed by atoms with Gasteiger partial charge in [0, 0.05) is 22.2 Å². The minimum absolute atomic E-state index is 0.128. The molecule has 0 saturated heterocycles. The van der Waals surface area contributed by atoms with E-state index in [9.17, 15) is 0 Å². The molecular weight excluding hydrogens is 510 g/mol. The second-order valence-electron chi connectivity index (χ2n) is 10.7. The monoisotopic (exact) mass is 535 g/mol. The first kappa shape index (κ1) is 23.2. The zero-order valence-electron chi connectivity index (χ0n) is 22.1. The van der Waals surface area contributed by atoms with E-state index < -0.39 is 0 Å². The minimum Gasteiger partial charge on any atom is -0.436 e. The van der Waals surface area contributed by atoms with Crippen molar-refractivity contribution in [2.45, 2.75) is 19.3 Å². The fourth-order valence-electron chi connectivity index (χ4n) is 5.93. The third kappa shape index (κ3) is 3.51. The van der Waals surface area contributed by atoms with Crippen LogP contribution in [-0.4, -0.2) is 9.97 Å². The van der Waals surface area contributed by atoms with Crippen LogP contribution in [0.5, 0.6) is 0 Å². The maximum Gasteiger partial charge on any atom is 0.227 e. The Bertz CT molecular complexity index is 1860. The van der Waals surface area contributed by atoms with Crippen LogP contribution in [-0.2, 0) is 5.41 Å². The van der Waals surface area contributed by atoms with Gasteiger partial charge in [-0.25, -0.2) is 9.97 Å². The van der Waals surface area contributed by atoms with Crippen molar-refractivity contribution in [3.8, 4) is 22.0 Å². The molecule has 5 heteroatoms. The summed E-state index contributed by atoms with van der Waals surface area (Å²) >= 11 is 1.70. The number of thiazole rings is 1. The number of anilines is 3. The van der Waals surface area contributed by atoms with E-state index in [0.29, 0.717) is 5.89 Å². The van der Waals surface area contributed by atoms with Crippen molar-refractivity contribution in [3.63, 3.8) is 0 Å². The van der Waals surface area contributed by atoms with E-state index in [1.54, 1.807) is 11.3 Å². The van der Waals surface area contributed by atoms with E-state index in [-0.39, 0.29) is 5.41 Å². The topological polar surface area (TPSA) is 42.2 Å². The number of para-hydroxylation sites is 5. The van der Waals surface area contributed by atoms with Crippen molar-refractivity contribution in [1.82, 2.24) is 9.97 Å². The Kier molecular flexibility index (Phi) is 5.00. The average molecular weight is 536 g/mol. The zero-order chi connectivity index (χ0) is 26.8. The van der Waals surface area contributed by atoms with Gasteiger partial charge in [0.15, 0.2) is 5.58 Å². The van der Waals surface area contributed by atoms with Gasteiger partial charge in [-0.2, -0.15) is 0 Å². The van der Waals surface area contributed by atoms with Gasteiger partial charge >= 0.3 is 0 Å². The SMILES string of the molecule is CC1(C)c2ccccc2N(c2cc(-c3nc4ccccc4o3)cc(-c3nc4ccccc4s3)c2)c2ccccc21. The molecule has 0 bridgehead atoms. The maximum atomic E-state index is 6.27. The summed E-state index contributed by atoms with van der Waals surface area (Å²) in [6.45, 7) is 4.62. The number of benzene rings is 5. The second-order valence-corrected chi connectivity index (χ2v) is 11.8. The average Bonchev–Trinajstić information content (AvgIpc) is 3.62. The third-order valence-electron chi connectivity index (χ3n) is 7.89. The summed E-state index contributed by atoms with van der Waals surface area (Å²) in [4.78, 5) is 12.2. The van der Waals surface area contributed by atoms with Gasteiger partial charge in [0.2, 0.25) is 5.89 Å². The summed E-state index contributed by atoms with van der Waals surface area (Å²) in [7, 11) is 0. The first-order chi connectivity index (χ1) is 19.6. The molecule has 192 valence electrons. The zero-order valence-corrected chi connectivity index (χ0v) is 22.9.